The Labute approximate surface area is 209 Å². The normalized spacial score (nSPS) is 14.1. The molecule has 0 spiro atoms. The Morgan fingerprint density at radius 2 is 1.92 bits per heavy atom. The van der Waals surface area contributed by atoms with E-state index in [0.717, 1.165) is 30.9 Å². The number of pyridine rings is 1. The molecule has 3 aromatic rings. The number of aromatic nitrogens is 5. The second-order valence-corrected chi connectivity index (χ2v) is 8.57. The van der Waals surface area contributed by atoms with Crippen LogP contribution in [0.4, 0.5) is 19.0 Å². The first kappa shape index (κ1) is 26.2. The molecular formula is C23H25F3N6O5. The number of nitrogens with zero attached hydrogens (tertiary/aromatic N) is 5. The smallest absolute Gasteiger partial charge is 0.386 e. The maximum Gasteiger partial charge on any atom is 0.491 e. The molecule has 198 valence electrons. The van der Waals surface area contributed by atoms with E-state index >= 15 is 0 Å². The standard InChI is InChI=1S/C23H25F3N6O5/c1-2-16-30-21(37-31-16)14(12-19(33)35-22(34)23(24,25)26)11-18-29-17(32-36-18)7-3-6-15-9-8-13-5-4-10-27-20(13)28-15/h8-9,14H,2-7,10-12H2,1H3,(H,27,28). The van der Waals surface area contributed by atoms with Crippen LogP contribution in [-0.4, -0.2) is 49.9 Å². The fourth-order valence-corrected chi connectivity index (χ4v) is 3.85. The number of hydrogen-bond acceptors (Lipinski definition) is 11. The lowest BCUT2D eigenvalue weighted by Gasteiger charge is -2.17. The number of carbonyl (C=O) groups is 2. The highest BCUT2D eigenvalue weighted by Gasteiger charge is 2.43. The highest BCUT2D eigenvalue weighted by molar-refractivity contribution is 5.88. The van der Waals surface area contributed by atoms with Gasteiger partial charge in [0, 0.05) is 31.5 Å². The van der Waals surface area contributed by atoms with Gasteiger partial charge < -0.3 is 19.1 Å². The van der Waals surface area contributed by atoms with Crippen LogP contribution in [0.1, 0.15) is 66.8 Å². The van der Waals surface area contributed by atoms with Gasteiger partial charge in [-0.05, 0) is 37.3 Å². The summed E-state index contributed by atoms with van der Waals surface area (Å²) in [4.78, 5) is 36.1. The molecule has 0 bridgehead atoms. The summed E-state index contributed by atoms with van der Waals surface area (Å²) in [5.41, 5.74) is 2.17. The number of alkyl halides is 3. The van der Waals surface area contributed by atoms with Gasteiger partial charge in [0.15, 0.2) is 11.6 Å². The second kappa shape index (κ2) is 11.5. The van der Waals surface area contributed by atoms with Gasteiger partial charge in [-0.3, -0.25) is 4.79 Å². The third-order valence-corrected chi connectivity index (χ3v) is 5.72. The Hall–Kier alpha value is -3.84. The third kappa shape index (κ3) is 7.11. The first-order chi connectivity index (χ1) is 17.7. The van der Waals surface area contributed by atoms with E-state index in [1.807, 2.05) is 6.07 Å². The topological polar surface area (TPSA) is 146 Å². The quantitative estimate of drug-likeness (QED) is 0.309. The molecule has 1 unspecified atom stereocenters. The first-order valence-electron chi connectivity index (χ1n) is 11.9. The molecule has 0 radical (unpaired) electrons. The van der Waals surface area contributed by atoms with Gasteiger partial charge in [-0.2, -0.15) is 23.1 Å². The number of anilines is 1. The molecule has 1 aliphatic heterocycles. The van der Waals surface area contributed by atoms with Crippen LogP contribution < -0.4 is 5.32 Å². The molecule has 37 heavy (non-hydrogen) atoms. The summed E-state index contributed by atoms with van der Waals surface area (Å²) in [6.45, 7) is 2.69. The van der Waals surface area contributed by atoms with Gasteiger partial charge in [-0.25, -0.2) is 9.78 Å². The molecule has 1 aliphatic rings. The summed E-state index contributed by atoms with van der Waals surface area (Å²) in [7, 11) is 0. The van der Waals surface area contributed by atoms with Crippen LogP contribution in [0.3, 0.4) is 0 Å². The van der Waals surface area contributed by atoms with E-state index in [9.17, 15) is 22.8 Å². The van der Waals surface area contributed by atoms with Gasteiger partial charge in [0.2, 0.25) is 11.8 Å². The number of esters is 2. The molecule has 0 saturated heterocycles. The van der Waals surface area contributed by atoms with Crippen molar-refractivity contribution in [3.63, 3.8) is 0 Å². The number of fused-ring (bicyclic) bond motifs is 1. The number of halogens is 3. The lowest BCUT2D eigenvalue weighted by atomic mass is 10.0. The molecule has 0 saturated carbocycles. The van der Waals surface area contributed by atoms with Crippen molar-refractivity contribution in [1.82, 2.24) is 25.3 Å². The maximum atomic E-state index is 12.4. The largest absolute Gasteiger partial charge is 0.491 e. The van der Waals surface area contributed by atoms with Crippen molar-refractivity contribution in [2.24, 2.45) is 0 Å². The van der Waals surface area contributed by atoms with Crippen LogP contribution in [0, 0.1) is 0 Å². The number of carbonyl (C=O) groups excluding carboxylic acids is 2. The van der Waals surface area contributed by atoms with E-state index < -0.39 is 30.5 Å². The molecule has 1 N–H and O–H groups in total. The molecule has 4 heterocycles. The van der Waals surface area contributed by atoms with Crippen molar-refractivity contribution in [3.05, 3.63) is 46.8 Å². The van der Waals surface area contributed by atoms with Crippen molar-refractivity contribution in [2.75, 3.05) is 11.9 Å². The Morgan fingerprint density at radius 1 is 1.11 bits per heavy atom. The molecular weight excluding hydrogens is 497 g/mol. The van der Waals surface area contributed by atoms with Gasteiger partial charge in [0.05, 0.1) is 12.3 Å². The minimum absolute atomic E-state index is 0.0138. The Bertz CT molecular complexity index is 1240. The number of ether oxygens (including phenoxy) is 1. The van der Waals surface area contributed by atoms with E-state index in [-0.39, 0.29) is 18.2 Å². The van der Waals surface area contributed by atoms with Gasteiger partial charge in [-0.15, -0.1) is 0 Å². The number of nitrogens with one attached hydrogen (secondary N) is 1. The fraction of sp³-hybridized carbons (Fsp3) is 0.522. The summed E-state index contributed by atoms with van der Waals surface area (Å²) < 4.78 is 51.7. The lowest BCUT2D eigenvalue weighted by molar-refractivity contribution is -0.202. The minimum Gasteiger partial charge on any atom is -0.386 e. The molecule has 14 heteroatoms. The number of hydrogen-bond donors (Lipinski definition) is 1. The van der Waals surface area contributed by atoms with Crippen LogP contribution in [0.25, 0.3) is 0 Å². The molecule has 4 rings (SSSR count). The molecule has 0 fully saturated rings. The third-order valence-electron chi connectivity index (χ3n) is 5.72. The zero-order chi connectivity index (χ0) is 26.4. The van der Waals surface area contributed by atoms with Crippen LogP contribution in [0.2, 0.25) is 0 Å². The van der Waals surface area contributed by atoms with Gasteiger partial charge in [-0.1, -0.05) is 23.3 Å². The van der Waals surface area contributed by atoms with Crippen molar-refractivity contribution in [1.29, 1.82) is 0 Å². The summed E-state index contributed by atoms with van der Waals surface area (Å²) in [6.07, 6.45) is -1.54. The highest BCUT2D eigenvalue weighted by atomic mass is 19.4. The SMILES string of the molecule is CCc1noc(C(CC(=O)OC(=O)C(F)(F)F)Cc2nc(CCCc3ccc4c(n3)NCCC4)no2)n1. The average Bonchev–Trinajstić information content (AvgIpc) is 3.52. The van der Waals surface area contributed by atoms with Crippen molar-refractivity contribution in [3.8, 4) is 0 Å². The average molecular weight is 522 g/mol. The fourth-order valence-electron chi connectivity index (χ4n) is 3.85. The Balaban J connectivity index is 1.36. The van der Waals surface area contributed by atoms with Crippen LogP contribution in [0.5, 0.6) is 0 Å². The number of rotatable bonds is 10. The maximum absolute atomic E-state index is 12.4. The molecule has 0 amide bonds. The van der Waals surface area contributed by atoms with Gasteiger partial charge >= 0.3 is 18.1 Å². The van der Waals surface area contributed by atoms with E-state index in [1.54, 1.807) is 6.92 Å². The lowest BCUT2D eigenvalue weighted by Crippen LogP contribution is -2.28. The zero-order valence-electron chi connectivity index (χ0n) is 20.0. The van der Waals surface area contributed by atoms with Crippen molar-refractivity contribution in [2.45, 2.75) is 70.4 Å². The van der Waals surface area contributed by atoms with Gasteiger partial charge in [0.25, 0.3) is 0 Å². The molecule has 3 aromatic heterocycles. The summed E-state index contributed by atoms with van der Waals surface area (Å²) in [5, 5.41) is 11.0. The van der Waals surface area contributed by atoms with E-state index in [4.69, 9.17) is 9.05 Å². The predicted octanol–water partition coefficient (Wildman–Crippen LogP) is 3.29. The molecule has 0 aliphatic carbocycles. The number of aryl methyl sites for hydroxylation is 4. The van der Waals surface area contributed by atoms with Crippen LogP contribution in [0.15, 0.2) is 21.2 Å². The molecule has 11 nitrogen and oxygen atoms in total. The summed E-state index contributed by atoms with van der Waals surface area (Å²) >= 11 is 0. The Morgan fingerprint density at radius 3 is 2.68 bits per heavy atom. The van der Waals surface area contributed by atoms with Crippen molar-refractivity contribution >= 4 is 17.8 Å². The zero-order valence-corrected chi connectivity index (χ0v) is 20.0. The van der Waals surface area contributed by atoms with E-state index in [1.165, 1.54) is 5.56 Å². The highest BCUT2D eigenvalue weighted by Crippen LogP contribution is 2.25. The monoisotopic (exact) mass is 522 g/mol. The predicted molar refractivity (Wildman–Crippen MR) is 119 cm³/mol. The minimum atomic E-state index is -5.29. The van der Waals surface area contributed by atoms with Gasteiger partial charge in [0.1, 0.15) is 5.82 Å². The van der Waals surface area contributed by atoms with Crippen molar-refractivity contribution < 1.29 is 36.5 Å². The second-order valence-electron chi connectivity index (χ2n) is 8.57. The summed E-state index contributed by atoms with van der Waals surface area (Å²) in [5.74, 6) is -3.10. The Kier molecular flexibility index (Phi) is 8.14. The molecule has 1 atom stereocenters. The first-order valence-corrected chi connectivity index (χ1v) is 11.9. The van der Waals surface area contributed by atoms with E-state index in [0.29, 0.717) is 37.3 Å². The van der Waals surface area contributed by atoms with E-state index in [2.05, 4.69) is 41.4 Å². The summed E-state index contributed by atoms with van der Waals surface area (Å²) in [6, 6.07) is 4.10. The van der Waals surface area contributed by atoms with Crippen LogP contribution >= 0.6 is 0 Å². The molecule has 0 aromatic carbocycles. The van der Waals surface area contributed by atoms with Crippen LogP contribution in [-0.2, 0) is 46.4 Å².